The number of amides is 1. The number of rotatable bonds is 5. The van der Waals surface area contributed by atoms with Crippen LogP contribution in [0.1, 0.15) is 12.8 Å². The number of benzene rings is 1. The Morgan fingerprint density at radius 3 is 3.00 bits per heavy atom. The second-order valence-electron chi connectivity index (χ2n) is 4.07. The summed E-state index contributed by atoms with van der Waals surface area (Å²) in [5.74, 6) is 5.77. The average Bonchev–Trinajstić information content (AvgIpc) is 2.82. The molecule has 0 fully saturated rings. The number of aryl methyl sites for hydroxylation is 1. The van der Waals surface area contributed by atoms with Gasteiger partial charge in [0.05, 0.1) is 12.6 Å². The van der Waals surface area contributed by atoms with Crippen molar-refractivity contribution in [1.82, 2.24) is 9.99 Å². The lowest BCUT2D eigenvalue weighted by molar-refractivity contribution is -0.121. The van der Waals surface area contributed by atoms with Gasteiger partial charge < -0.3 is 9.30 Å². The summed E-state index contributed by atoms with van der Waals surface area (Å²) in [6, 6.07) is 7.97. The van der Waals surface area contributed by atoms with Crippen molar-refractivity contribution in [1.29, 1.82) is 0 Å². The van der Waals surface area contributed by atoms with Gasteiger partial charge in [0, 0.05) is 24.5 Å². The van der Waals surface area contributed by atoms with E-state index < -0.39 is 0 Å². The molecule has 5 heteroatoms. The normalized spacial score (nSPS) is 10.6. The number of hydrogen-bond donors (Lipinski definition) is 2. The van der Waals surface area contributed by atoms with Gasteiger partial charge in [-0.25, -0.2) is 5.84 Å². The third-order valence-corrected chi connectivity index (χ3v) is 2.96. The van der Waals surface area contributed by atoms with Crippen molar-refractivity contribution < 1.29 is 9.53 Å². The molecular formula is C13H17N3O2. The van der Waals surface area contributed by atoms with Gasteiger partial charge >= 0.3 is 0 Å². The van der Waals surface area contributed by atoms with Crippen LogP contribution in [0.4, 0.5) is 0 Å². The summed E-state index contributed by atoms with van der Waals surface area (Å²) in [6.45, 7) is 0.782. The number of carbonyl (C=O) groups is 1. The number of carbonyl (C=O) groups excluding carboxylic acids is 1. The van der Waals surface area contributed by atoms with Crippen LogP contribution in [-0.2, 0) is 11.3 Å². The third-order valence-electron chi connectivity index (χ3n) is 2.96. The van der Waals surface area contributed by atoms with Gasteiger partial charge in [0.25, 0.3) is 0 Å². The molecule has 0 saturated heterocycles. The zero-order chi connectivity index (χ0) is 13.0. The average molecular weight is 247 g/mol. The first-order valence-electron chi connectivity index (χ1n) is 5.87. The summed E-state index contributed by atoms with van der Waals surface area (Å²) >= 11 is 0. The van der Waals surface area contributed by atoms with Crippen molar-refractivity contribution in [2.45, 2.75) is 19.4 Å². The maximum atomic E-state index is 11.0. The Labute approximate surface area is 105 Å². The molecule has 0 atom stereocenters. The number of fused-ring (bicyclic) bond motifs is 1. The molecule has 2 aromatic rings. The Hall–Kier alpha value is -2.01. The van der Waals surface area contributed by atoms with Crippen LogP contribution in [0.15, 0.2) is 30.5 Å². The molecule has 0 unspecified atom stereocenters. The number of nitrogens with one attached hydrogen (secondary N) is 1. The fraction of sp³-hybridized carbons (Fsp3) is 0.308. The van der Waals surface area contributed by atoms with Crippen LogP contribution >= 0.6 is 0 Å². The van der Waals surface area contributed by atoms with E-state index in [0.717, 1.165) is 29.6 Å². The minimum absolute atomic E-state index is 0.135. The first kappa shape index (κ1) is 12.4. The zero-order valence-corrected chi connectivity index (χ0v) is 10.3. The molecule has 1 aromatic heterocycles. The Morgan fingerprint density at radius 2 is 2.28 bits per heavy atom. The van der Waals surface area contributed by atoms with Crippen molar-refractivity contribution in [3.63, 3.8) is 0 Å². The van der Waals surface area contributed by atoms with E-state index in [1.165, 1.54) is 0 Å². The van der Waals surface area contributed by atoms with Crippen LogP contribution in [0.5, 0.6) is 5.75 Å². The Balaban J connectivity index is 2.12. The number of nitrogens with zero attached hydrogens (tertiary/aromatic N) is 1. The lowest BCUT2D eigenvalue weighted by Crippen LogP contribution is -2.29. The smallest absolute Gasteiger partial charge is 0.233 e. The molecule has 0 aliphatic rings. The summed E-state index contributed by atoms with van der Waals surface area (Å²) in [4.78, 5) is 11.0. The molecule has 1 amide bonds. The van der Waals surface area contributed by atoms with Crippen LogP contribution < -0.4 is 16.0 Å². The minimum atomic E-state index is -0.135. The summed E-state index contributed by atoms with van der Waals surface area (Å²) in [7, 11) is 1.66. The van der Waals surface area contributed by atoms with Crippen molar-refractivity contribution in [2.24, 2.45) is 5.84 Å². The quantitative estimate of drug-likeness (QED) is 0.477. The largest absolute Gasteiger partial charge is 0.496 e. The fourth-order valence-electron chi connectivity index (χ4n) is 2.05. The molecule has 2 rings (SSSR count). The molecule has 0 aliphatic carbocycles. The van der Waals surface area contributed by atoms with Gasteiger partial charge in [-0.2, -0.15) is 0 Å². The van der Waals surface area contributed by atoms with Crippen molar-refractivity contribution in [2.75, 3.05) is 7.11 Å². The molecule has 0 bridgehead atoms. The summed E-state index contributed by atoms with van der Waals surface area (Å²) < 4.78 is 7.42. The van der Waals surface area contributed by atoms with E-state index in [-0.39, 0.29) is 5.91 Å². The summed E-state index contributed by atoms with van der Waals surface area (Å²) in [6.07, 6.45) is 3.19. The highest BCUT2D eigenvalue weighted by molar-refractivity contribution is 5.86. The number of hydrazine groups is 1. The van der Waals surface area contributed by atoms with E-state index in [4.69, 9.17) is 10.6 Å². The highest BCUT2D eigenvalue weighted by Gasteiger charge is 2.06. The van der Waals surface area contributed by atoms with Gasteiger partial charge in [-0.3, -0.25) is 10.2 Å². The monoisotopic (exact) mass is 247 g/mol. The second kappa shape index (κ2) is 5.55. The summed E-state index contributed by atoms with van der Waals surface area (Å²) in [5.41, 5.74) is 3.25. The molecule has 5 nitrogen and oxygen atoms in total. The molecule has 3 N–H and O–H groups in total. The molecule has 0 radical (unpaired) electrons. The van der Waals surface area contributed by atoms with Gasteiger partial charge in [0.1, 0.15) is 5.75 Å². The van der Waals surface area contributed by atoms with Gasteiger partial charge in [-0.15, -0.1) is 0 Å². The number of methoxy groups -OCH3 is 1. The van der Waals surface area contributed by atoms with E-state index in [1.807, 2.05) is 30.5 Å². The van der Waals surface area contributed by atoms with Crippen molar-refractivity contribution >= 4 is 16.8 Å². The number of ether oxygens (including phenoxy) is 1. The second-order valence-corrected chi connectivity index (χ2v) is 4.07. The fourth-order valence-corrected chi connectivity index (χ4v) is 2.05. The maximum Gasteiger partial charge on any atom is 0.233 e. The van der Waals surface area contributed by atoms with E-state index in [1.54, 1.807) is 7.11 Å². The number of hydrogen-bond acceptors (Lipinski definition) is 3. The minimum Gasteiger partial charge on any atom is -0.496 e. The van der Waals surface area contributed by atoms with Crippen molar-refractivity contribution in [3.05, 3.63) is 30.5 Å². The predicted octanol–water partition coefficient (Wildman–Crippen LogP) is 1.42. The lowest BCUT2D eigenvalue weighted by Gasteiger charge is -2.06. The summed E-state index contributed by atoms with van der Waals surface area (Å²) in [5, 5.41) is 1.09. The van der Waals surface area contributed by atoms with Crippen LogP contribution in [0.25, 0.3) is 10.9 Å². The predicted molar refractivity (Wildman–Crippen MR) is 70.1 cm³/mol. The standard InChI is InChI=1S/C13H17N3O2/c1-18-12-5-2-4-11-10(12)7-9-16(11)8-3-6-13(17)15-14/h2,4-5,7,9H,3,6,8,14H2,1H3,(H,15,17). The van der Waals surface area contributed by atoms with Crippen LogP contribution in [0.2, 0.25) is 0 Å². The maximum absolute atomic E-state index is 11.0. The zero-order valence-electron chi connectivity index (χ0n) is 10.3. The molecule has 18 heavy (non-hydrogen) atoms. The Morgan fingerprint density at radius 1 is 1.44 bits per heavy atom. The van der Waals surface area contributed by atoms with Crippen LogP contribution in [0, 0.1) is 0 Å². The van der Waals surface area contributed by atoms with Gasteiger partial charge in [-0.05, 0) is 24.6 Å². The molecule has 0 saturated carbocycles. The van der Waals surface area contributed by atoms with E-state index in [0.29, 0.717) is 6.42 Å². The Bertz CT molecular complexity index is 548. The highest BCUT2D eigenvalue weighted by Crippen LogP contribution is 2.26. The molecule has 0 aliphatic heterocycles. The Kier molecular flexibility index (Phi) is 3.84. The molecule has 0 spiro atoms. The van der Waals surface area contributed by atoms with Gasteiger partial charge in [0.15, 0.2) is 0 Å². The first-order chi connectivity index (χ1) is 8.76. The molecule has 1 heterocycles. The topological polar surface area (TPSA) is 69.3 Å². The first-order valence-corrected chi connectivity index (χ1v) is 5.87. The van der Waals surface area contributed by atoms with Crippen molar-refractivity contribution in [3.8, 4) is 5.75 Å². The van der Waals surface area contributed by atoms with Gasteiger partial charge in [-0.1, -0.05) is 6.07 Å². The third kappa shape index (κ3) is 2.46. The number of aromatic nitrogens is 1. The number of nitrogens with two attached hydrogens (primary N) is 1. The molecular weight excluding hydrogens is 230 g/mol. The lowest BCUT2D eigenvalue weighted by atomic mass is 10.2. The van der Waals surface area contributed by atoms with Gasteiger partial charge in [0.2, 0.25) is 5.91 Å². The molecule has 1 aromatic carbocycles. The van der Waals surface area contributed by atoms with Crippen LogP contribution in [0.3, 0.4) is 0 Å². The highest BCUT2D eigenvalue weighted by atomic mass is 16.5. The van der Waals surface area contributed by atoms with E-state index in [9.17, 15) is 4.79 Å². The SMILES string of the molecule is COc1cccc2c1ccn2CCCC(=O)NN. The van der Waals surface area contributed by atoms with E-state index in [2.05, 4.69) is 9.99 Å². The van der Waals surface area contributed by atoms with Crippen LogP contribution in [-0.4, -0.2) is 17.6 Å². The molecule has 96 valence electrons. The van der Waals surface area contributed by atoms with E-state index >= 15 is 0 Å².